The molecule has 2 saturated heterocycles. The van der Waals surface area contributed by atoms with E-state index in [1.807, 2.05) is 9.80 Å². The van der Waals surface area contributed by atoms with E-state index in [4.69, 9.17) is 0 Å². The van der Waals surface area contributed by atoms with Gasteiger partial charge in [-0.1, -0.05) is 0 Å². The number of amides is 2. The summed E-state index contributed by atoms with van der Waals surface area (Å²) < 4.78 is 0. The number of piperazine rings is 2. The van der Waals surface area contributed by atoms with Crippen LogP contribution in [-0.2, 0) is 0 Å². The average molecular weight is 394 g/mol. The third kappa shape index (κ3) is 4.37. The highest BCUT2D eigenvalue weighted by Crippen LogP contribution is 2.15. The van der Waals surface area contributed by atoms with Gasteiger partial charge in [-0.3, -0.25) is 9.59 Å². The number of benzene rings is 1. The van der Waals surface area contributed by atoms with Gasteiger partial charge in [-0.25, -0.2) is 9.97 Å². The first-order chi connectivity index (χ1) is 14.1. The van der Waals surface area contributed by atoms with Gasteiger partial charge >= 0.3 is 0 Å². The third-order valence-electron chi connectivity index (χ3n) is 5.57. The molecule has 0 N–H and O–H groups in total. The average Bonchev–Trinajstić information content (AvgIpc) is 2.79. The molecule has 8 heteroatoms. The normalized spacial score (nSPS) is 18.0. The fraction of sp³-hybridized carbons (Fsp3) is 0.429. The summed E-state index contributed by atoms with van der Waals surface area (Å²) in [5.41, 5.74) is 1.25. The zero-order chi connectivity index (χ0) is 20.2. The predicted octanol–water partition coefficient (Wildman–Crippen LogP) is 0.827. The third-order valence-corrected chi connectivity index (χ3v) is 5.57. The van der Waals surface area contributed by atoms with E-state index in [0.717, 1.165) is 26.2 Å². The molecule has 0 bridgehead atoms. The maximum Gasteiger partial charge on any atom is 0.253 e. The number of anilines is 1. The van der Waals surface area contributed by atoms with Gasteiger partial charge in [0.05, 0.1) is 0 Å². The molecule has 2 aliphatic rings. The Balaban J connectivity index is 1.34. The van der Waals surface area contributed by atoms with Crippen molar-refractivity contribution >= 4 is 17.8 Å². The molecule has 2 fully saturated rings. The number of nitrogens with zero attached hydrogens (tertiary/aromatic N) is 6. The van der Waals surface area contributed by atoms with Gasteiger partial charge < -0.3 is 19.6 Å². The zero-order valence-electron chi connectivity index (χ0n) is 16.7. The van der Waals surface area contributed by atoms with E-state index in [1.54, 1.807) is 42.7 Å². The van der Waals surface area contributed by atoms with E-state index in [9.17, 15) is 9.59 Å². The summed E-state index contributed by atoms with van der Waals surface area (Å²) in [4.78, 5) is 42.1. The maximum atomic E-state index is 12.8. The first-order valence-corrected chi connectivity index (χ1v) is 10.0. The van der Waals surface area contributed by atoms with Gasteiger partial charge in [-0.15, -0.1) is 0 Å². The van der Waals surface area contributed by atoms with Crippen molar-refractivity contribution in [3.8, 4) is 0 Å². The summed E-state index contributed by atoms with van der Waals surface area (Å²) in [6.45, 7) is 5.92. The number of hydrogen-bond donors (Lipinski definition) is 0. The Morgan fingerprint density at radius 1 is 0.724 bits per heavy atom. The number of aromatic nitrogens is 2. The van der Waals surface area contributed by atoms with Crippen molar-refractivity contribution in [3.05, 3.63) is 53.9 Å². The molecule has 0 saturated carbocycles. The lowest BCUT2D eigenvalue weighted by Crippen LogP contribution is -2.49. The Morgan fingerprint density at radius 3 is 1.66 bits per heavy atom. The lowest BCUT2D eigenvalue weighted by atomic mass is 10.1. The van der Waals surface area contributed by atoms with Gasteiger partial charge in [0.25, 0.3) is 11.8 Å². The Labute approximate surface area is 170 Å². The highest BCUT2D eigenvalue weighted by atomic mass is 16.2. The topological polar surface area (TPSA) is 72.9 Å². The largest absolute Gasteiger partial charge is 0.337 e. The molecule has 2 aromatic rings. The summed E-state index contributed by atoms with van der Waals surface area (Å²) in [6, 6.07) is 8.85. The van der Waals surface area contributed by atoms with Crippen LogP contribution in [0.5, 0.6) is 0 Å². The quantitative estimate of drug-likeness (QED) is 0.768. The smallest absolute Gasteiger partial charge is 0.253 e. The molecular weight excluding hydrogens is 368 g/mol. The molecular formula is C21H26N6O2. The number of rotatable bonds is 3. The summed E-state index contributed by atoms with van der Waals surface area (Å²) in [5, 5.41) is 0. The van der Waals surface area contributed by atoms with Gasteiger partial charge in [0.2, 0.25) is 5.95 Å². The van der Waals surface area contributed by atoms with Crippen LogP contribution in [0.15, 0.2) is 42.7 Å². The number of carbonyl (C=O) groups excluding carboxylic acids is 2. The Hall–Kier alpha value is -3.00. The minimum absolute atomic E-state index is 0.00257. The van der Waals surface area contributed by atoms with E-state index in [-0.39, 0.29) is 11.8 Å². The number of carbonyl (C=O) groups is 2. The number of likely N-dealkylation sites (N-methyl/N-ethyl adjacent to an activating group) is 1. The van der Waals surface area contributed by atoms with E-state index >= 15 is 0 Å². The minimum Gasteiger partial charge on any atom is -0.337 e. The van der Waals surface area contributed by atoms with Crippen LogP contribution >= 0.6 is 0 Å². The summed E-state index contributed by atoms with van der Waals surface area (Å²) in [7, 11) is 2.06. The van der Waals surface area contributed by atoms with Crippen LogP contribution in [0.3, 0.4) is 0 Å². The maximum absolute atomic E-state index is 12.8. The van der Waals surface area contributed by atoms with Gasteiger partial charge in [0.1, 0.15) is 0 Å². The molecule has 152 valence electrons. The van der Waals surface area contributed by atoms with Crippen LogP contribution in [0, 0.1) is 0 Å². The lowest BCUT2D eigenvalue weighted by Gasteiger charge is -2.34. The molecule has 4 rings (SSSR count). The highest BCUT2D eigenvalue weighted by Gasteiger charge is 2.24. The molecule has 1 aromatic carbocycles. The van der Waals surface area contributed by atoms with Crippen LogP contribution in [0.4, 0.5) is 5.95 Å². The standard InChI is InChI=1S/C21H26N6O2/c1-24-9-11-25(12-10-24)19(28)17-3-5-18(6-4-17)20(29)26-13-15-27(16-14-26)21-22-7-2-8-23-21/h2-8H,9-16H2,1H3. The fourth-order valence-corrected chi connectivity index (χ4v) is 3.69. The van der Waals surface area contributed by atoms with E-state index in [1.165, 1.54) is 0 Å². The predicted molar refractivity (Wildman–Crippen MR) is 110 cm³/mol. The first kappa shape index (κ1) is 19.3. The second-order valence-electron chi connectivity index (χ2n) is 7.50. The lowest BCUT2D eigenvalue weighted by molar-refractivity contribution is 0.0662. The van der Waals surface area contributed by atoms with Gasteiger partial charge in [0.15, 0.2) is 0 Å². The monoisotopic (exact) mass is 394 g/mol. The number of hydrogen-bond acceptors (Lipinski definition) is 6. The zero-order valence-corrected chi connectivity index (χ0v) is 16.7. The van der Waals surface area contributed by atoms with Crippen molar-refractivity contribution in [2.75, 3.05) is 64.3 Å². The van der Waals surface area contributed by atoms with Crippen LogP contribution in [0.25, 0.3) is 0 Å². The summed E-state index contributed by atoms with van der Waals surface area (Å²) in [5.74, 6) is 0.733. The molecule has 0 spiro atoms. The van der Waals surface area contributed by atoms with Crippen molar-refractivity contribution < 1.29 is 9.59 Å². The van der Waals surface area contributed by atoms with Crippen molar-refractivity contribution in [2.45, 2.75) is 0 Å². The second kappa shape index (κ2) is 8.57. The van der Waals surface area contributed by atoms with Crippen LogP contribution in [-0.4, -0.2) is 95.9 Å². The van der Waals surface area contributed by atoms with Gasteiger partial charge in [-0.05, 0) is 37.4 Å². The summed E-state index contributed by atoms with van der Waals surface area (Å²) >= 11 is 0. The van der Waals surface area contributed by atoms with Crippen LogP contribution < -0.4 is 4.90 Å². The molecule has 0 unspecified atom stereocenters. The molecule has 0 atom stereocenters. The van der Waals surface area contributed by atoms with Crippen LogP contribution in [0.2, 0.25) is 0 Å². The molecule has 2 amide bonds. The van der Waals surface area contributed by atoms with Gasteiger partial charge in [0, 0.05) is 75.9 Å². The van der Waals surface area contributed by atoms with Crippen molar-refractivity contribution in [1.29, 1.82) is 0 Å². The van der Waals surface area contributed by atoms with Crippen molar-refractivity contribution in [2.24, 2.45) is 0 Å². The second-order valence-corrected chi connectivity index (χ2v) is 7.50. The van der Waals surface area contributed by atoms with Crippen molar-refractivity contribution in [3.63, 3.8) is 0 Å². The Morgan fingerprint density at radius 2 is 1.17 bits per heavy atom. The molecule has 1 aromatic heterocycles. The van der Waals surface area contributed by atoms with Crippen molar-refractivity contribution in [1.82, 2.24) is 24.7 Å². The molecule has 8 nitrogen and oxygen atoms in total. The summed E-state index contributed by atoms with van der Waals surface area (Å²) in [6.07, 6.45) is 3.45. The molecule has 2 aliphatic heterocycles. The first-order valence-electron chi connectivity index (χ1n) is 10.0. The van der Waals surface area contributed by atoms with Crippen LogP contribution in [0.1, 0.15) is 20.7 Å². The fourth-order valence-electron chi connectivity index (χ4n) is 3.69. The van der Waals surface area contributed by atoms with E-state index in [0.29, 0.717) is 43.3 Å². The highest BCUT2D eigenvalue weighted by molar-refractivity contribution is 5.98. The molecule has 29 heavy (non-hydrogen) atoms. The minimum atomic E-state index is -0.00257. The Bertz CT molecular complexity index is 841. The molecule has 0 radical (unpaired) electrons. The Kier molecular flexibility index (Phi) is 5.71. The molecule has 3 heterocycles. The van der Waals surface area contributed by atoms with E-state index in [2.05, 4.69) is 26.8 Å². The van der Waals surface area contributed by atoms with E-state index < -0.39 is 0 Å². The van der Waals surface area contributed by atoms with Gasteiger partial charge in [-0.2, -0.15) is 0 Å². The SMILES string of the molecule is CN1CCN(C(=O)c2ccc(C(=O)N3CCN(c4ncccn4)CC3)cc2)CC1. The molecule has 0 aliphatic carbocycles.